The lowest BCUT2D eigenvalue weighted by Crippen LogP contribution is -2.53. The van der Waals surface area contributed by atoms with Crippen molar-refractivity contribution in [2.24, 2.45) is 0 Å². The molecule has 1 amide bonds. The summed E-state index contributed by atoms with van der Waals surface area (Å²) in [5, 5.41) is 13.6. The molecule has 2 aliphatic rings. The Balaban J connectivity index is 1.19. The maximum atomic E-state index is 12.2. The lowest BCUT2D eigenvalue weighted by Gasteiger charge is -2.39. The van der Waals surface area contributed by atoms with Crippen molar-refractivity contribution >= 4 is 27.5 Å². The summed E-state index contributed by atoms with van der Waals surface area (Å²) < 4.78 is 7.10. The van der Waals surface area contributed by atoms with Gasteiger partial charge in [0.05, 0.1) is 10.2 Å². The third-order valence-electron chi connectivity index (χ3n) is 6.54. The number of amides is 1. The Kier molecular flexibility index (Phi) is 5.65. The number of aromatic nitrogens is 1. The first-order chi connectivity index (χ1) is 15.3. The summed E-state index contributed by atoms with van der Waals surface area (Å²) >= 11 is 1.55. The van der Waals surface area contributed by atoms with Crippen LogP contribution >= 0.6 is 11.3 Å². The predicted octanol–water partition coefficient (Wildman–Crippen LogP) is 4.47. The van der Waals surface area contributed by atoms with Gasteiger partial charge in [-0.3, -0.25) is 9.69 Å². The molecule has 0 aliphatic carbocycles. The minimum atomic E-state index is -1.33. The van der Waals surface area contributed by atoms with Gasteiger partial charge in [-0.2, -0.15) is 0 Å². The number of hydrogen-bond acceptors (Lipinski definition) is 6. The van der Waals surface area contributed by atoms with Gasteiger partial charge in [0.25, 0.3) is 11.1 Å². The van der Waals surface area contributed by atoms with E-state index in [1.165, 1.54) is 32.3 Å². The number of carbonyl (C=O) groups excluding carboxylic acids is 1. The molecule has 2 fully saturated rings. The number of thiazole rings is 1. The first-order valence-corrected chi connectivity index (χ1v) is 12.1. The highest BCUT2D eigenvalue weighted by molar-refractivity contribution is 7.20. The number of ether oxygens (including phenoxy) is 1. The van der Waals surface area contributed by atoms with Crippen molar-refractivity contribution in [1.29, 1.82) is 0 Å². The van der Waals surface area contributed by atoms with Gasteiger partial charge in [0.2, 0.25) is 0 Å². The highest BCUT2D eigenvalue weighted by Crippen LogP contribution is 2.37. The molecule has 6 nitrogen and oxygen atoms in total. The average Bonchev–Trinajstić information content (AvgIpc) is 3.25. The zero-order valence-electron chi connectivity index (χ0n) is 18.5. The number of nitrogens with zero attached hydrogens (tertiary/aromatic N) is 2. The Morgan fingerprint density at radius 1 is 1.16 bits per heavy atom. The molecule has 7 heteroatoms. The molecule has 5 rings (SSSR count). The Labute approximate surface area is 192 Å². The van der Waals surface area contributed by atoms with Crippen LogP contribution in [0.5, 0.6) is 10.9 Å². The third-order valence-corrected chi connectivity index (χ3v) is 7.46. The second-order valence-electron chi connectivity index (χ2n) is 9.45. The van der Waals surface area contributed by atoms with E-state index in [4.69, 9.17) is 4.74 Å². The van der Waals surface area contributed by atoms with Crippen LogP contribution in [0.2, 0.25) is 0 Å². The first kappa shape index (κ1) is 21.4. The quantitative estimate of drug-likeness (QED) is 0.578. The van der Waals surface area contributed by atoms with Crippen molar-refractivity contribution in [2.45, 2.75) is 69.8 Å². The molecule has 168 valence electrons. The monoisotopic (exact) mass is 451 g/mol. The number of para-hydroxylation sites is 1. The highest BCUT2D eigenvalue weighted by Gasteiger charge is 2.41. The van der Waals surface area contributed by atoms with Crippen LogP contribution in [-0.4, -0.2) is 44.6 Å². The van der Waals surface area contributed by atoms with Crippen LogP contribution in [0.15, 0.2) is 48.5 Å². The molecule has 0 unspecified atom stereocenters. The largest absolute Gasteiger partial charge is 0.431 e. The van der Waals surface area contributed by atoms with Crippen LogP contribution in [0, 0.1) is 0 Å². The Hall–Kier alpha value is -2.48. The number of hydrogen-bond donors (Lipinski definition) is 2. The topological polar surface area (TPSA) is 74.7 Å². The summed E-state index contributed by atoms with van der Waals surface area (Å²) in [5.41, 5.74) is 0.894. The van der Waals surface area contributed by atoms with Gasteiger partial charge < -0.3 is 15.2 Å². The summed E-state index contributed by atoms with van der Waals surface area (Å²) in [7, 11) is 0. The van der Waals surface area contributed by atoms with E-state index in [1.54, 1.807) is 11.3 Å². The first-order valence-electron chi connectivity index (χ1n) is 11.3. The molecule has 3 heterocycles. The Morgan fingerprint density at radius 2 is 1.84 bits per heavy atom. The van der Waals surface area contributed by atoms with Crippen molar-refractivity contribution in [3.8, 4) is 10.9 Å². The summed E-state index contributed by atoms with van der Waals surface area (Å²) in [6.45, 7) is 3.98. The standard InChI is InChI=1S/C25H29N3O3S/c1-25(2,30)23(29)26-17-13-18-9-10-19(14-17)28(18)15-16-7-11-20(12-8-16)31-24-27-21-5-3-4-6-22(21)32-24/h3-8,11-12,17-19,30H,9-10,13-15H2,1-2H3,(H,26,29)/t17-,18+,19-. The van der Waals surface area contributed by atoms with Crippen LogP contribution in [0.3, 0.4) is 0 Å². The number of rotatable bonds is 6. The van der Waals surface area contributed by atoms with Crippen molar-refractivity contribution in [2.75, 3.05) is 0 Å². The number of nitrogens with one attached hydrogen (secondary N) is 1. The fraction of sp³-hybridized carbons (Fsp3) is 0.440. The van der Waals surface area contributed by atoms with E-state index < -0.39 is 5.60 Å². The second kappa shape index (κ2) is 8.46. The molecule has 2 bridgehead atoms. The van der Waals surface area contributed by atoms with Gasteiger partial charge in [0.1, 0.15) is 11.4 Å². The van der Waals surface area contributed by atoms with Crippen LogP contribution in [0.1, 0.15) is 45.1 Å². The van der Waals surface area contributed by atoms with Crippen LogP contribution in [0.25, 0.3) is 10.2 Å². The minimum absolute atomic E-state index is 0.146. The number of fused-ring (bicyclic) bond motifs is 3. The van der Waals surface area contributed by atoms with Gasteiger partial charge in [-0.15, -0.1) is 0 Å². The van der Waals surface area contributed by atoms with Crippen molar-refractivity contribution < 1.29 is 14.6 Å². The van der Waals surface area contributed by atoms with Gasteiger partial charge in [-0.25, -0.2) is 4.98 Å². The molecular weight excluding hydrogens is 422 g/mol. The molecule has 0 saturated carbocycles. The maximum Gasteiger partial charge on any atom is 0.279 e. The third kappa shape index (κ3) is 4.51. The van der Waals surface area contributed by atoms with E-state index in [1.807, 2.05) is 30.3 Å². The predicted molar refractivity (Wildman–Crippen MR) is 126 cm³/mol. The van der Waals surface area contributed by atoms with E-state index in [0.717, 1.165) is 35.4 Å². The van der Waals surface area contributed by atoms with Crippen LogP contribution < -0.4 is 10.1 Å². The Bertz CT molecular complexity index is 1060. The molecule has 3 aromatic rings. The van der Waals surface area contributed by atoms with Gasteiger partial charge >= 0.3 is 0 Å². The van der Waals surface area contributed by atoms with Gasteiger partial charge in [-0.05, 0) is 69.4 Å². The van der Waals surface area contributed by atoms with Gasteiger partial charge in [0.15, 0.2) is 0 Å². The zero-order chi connectivity index (χ0) is 22.3. The molecule has 2 saturated heterocycles. The number of piperidine rings is 1. The molecule has 32 heavy (non-hydrogen) atoms. The fourth-order valence-electron chi connectivity index (χ4n) is 4.88. The van der Waals surface area contributed by atoms with Gasteiger partial charge in [-0.1, -0.05) is 35.6 Å². The number of aliphatic hydroxyl groups is 1. The van der Waals surface area contributed by atoms with Crippen LogP contribution in [-0.2, 0) is 11.3 Å². The van der Waals surface area contributed by atoms with E-state index in [9.17, 15) is 9.90 Å². The summed E-state index contributed by atoms with van der Waals surface area (Å²) in [6, 6.07) is 17.4. The second-order valence-corrected chi connectivity index (χ2v) is 10.4. The van der Waals surface area contributed by atoms with E-state index in [0.29, 0.717) is 17.3 Å². The molecule has 0 radical (unpaired) electrons. The SMILES string of the molecule is CC(C)(O)C(=O)N[C@H]1C[C@H]2CC[C@@H](C1)N2Cc1ccc(Oc2nc3ccccc3s2)cc1. The highest BCUT2D eigenvalue weighted by atomic mass is 32.1. The lowest BCUT2D eigenvalue weighted by atomic mass is 9.95. The zero-order valence-corrected chi connectivity index (χ0v) is 19.3. The molecule has 1 aromatic heterocycles. The molecule has 2 N–H and O–H groups in total. The number of carbonyl (C=O) groups is 1. The van der Waals surface area contributed by atoms with E-state index in [2.05, 4.69) is 33.4 Å². The molecule has 3 atom stereocenters. The van der Waals surface area contributed by atoms with Crippen LogP contribution in [0.4, 0.5) is 0 Å². The minimum Gasteiger partial charge on any atom is -0.431 e. The summed E-state index contributed by atoms with van der Waals surface area (Å²) in [5.74, 6) is 0.517. The average molecular weight is 452 g/mol. The Morgan fingerprint density at radius 3 is 2.50 bits per heavy atom. The van der Waals surface area contributed by atoms with Crippen molar-refractivity contribution in [3.63, 3.8) is 0 Å². The molecule has 0 spiro atoms. The number of benzene rings is 2. The molecule has 2 aromatic carbocycles. The summed E-state index contributed by atoms with van der Waals surface area (Å²) in [4.78, 5) is 19.3. The van der Waals surface area contributed by atoms with E-state index >= 15 is 0 Å². The van der Waals surface area contributed by atoms with Crippen molar-refractivity contribution in [3.05, 3.63) is 54.1 Å². The normalized spacial score (nSPS) is 23.4. The molecular formula is C25H29N3O3S. The lowest BCUT2D eigenvalue weighted by molar-refractivity contribution is -0.137. The fourth-order valence-corrected chi connectivity index (χ4v) is 5.72. The maximum absolute atomic E-state index is 12.2. The smallest absolute Gasteiger partial charge is 0.279 e. The van der Waals surface area contributed by atoms with E-state index in [-0.39, 0.29) is 11.9 Å². The summed E-state index contributed by atoms with van der Waals surface area (Å²) in [6.07, 6.45) is 4.21. The van der Waals surface area contributed by atoms with Gasteiger partial charge in [0, 0.05) is 24.7 Å². The van der Waals surface area contributed by atoms with Crippen molar-refractivity contribution in [1.82, 2.24) is 15.2 Å². The molecule has 2 aliphatic heterocycles.